The Hall–Kier alpha value is -3.49. The number of carboxylic acid groups (broad SMARTS) is 1. The number of hydrogen-bond donors (Lipinski definition) is 1. The molecule has 0 fully saturated rings. The third kappa shape index (κ3) is 30.6. The van der Waals surface area contributed by atoms with Gasteiger partial charge in [-0.05, 0) is 44.9 Å². The van der Waals surface area contributed by atoms with Crippen LogP contribution in [0.5, 0.6) is 0 Å². The maximum atomic E-state index is 12.6. The molecule has 0 spiro atoms. The largest absolute Gasteiger partial charge is 0.477 e. The number of carbonyl (C=O) groups is 3. The first-order valence-corrected chi connectivity index (χ1v) is 18.7. The highest BCUT2D eigenvalue weighted by Gasteiger charge is 2.31. The van der Waals surface area contributed by atoms with Gasteiger partial charge in [-0.3, -0.25) is 9.59 Å². The van der Waals surface area contributed by atoms with Crippen molar-refractivity contribution in [2.24, 2.45) is 0 Å². The molecule has 0 aromatic rings. The first-order valence-electron chi connectivity index (χ1n) is 18.7. The number of hydrogen-bond acceptors (Lipinski definition) is 6. The minimum absolute atomic E-state index is 0.00970. The second-order valence-corrected chi connectivity index (χ2v) is 13.2. The summed E-state index contributed by atoms with van der Waals surface area (Å²) in [5, 5.41) is 9.57. The summed E-state index contributed by atoms with van der Waals surface area (Å²) >= 11 is 0. The molecule has 8 heteroatoms. The quantitative estimate of drug-likeness (QED) is 0.0253. The minimum atomic E-state index is -0.898. The van der Waals surface area contributed by atoms with Crippen LogP contribution in [0, 0.1) is 0 Å². The Morgan fingerprint density at radius 1 is 0.640 bits per heavy atom. The van der Waals surface area contributed by atoms with Gasteiger partial charge in [0.1, 0.15) is 6.61 Å². The number of rotatable bonds is 31. The van der Waals surface area contributed by atoms with E-state index in [9.17, 15) is 19.5 Å². The maximum Gasteiger partial charge on any atom is 0.362 e. The van der Waals surface area contributed by atoms with E-state index in [2.05, 4.69) is 38.2 Å². The van der Waals surface area contributed by atoms with E-state index < -0.39 is 24.1 Å². The van der Waals surface area contributed by atoms with Crippen molar-refractivity contribution in [2.75, 3.05) is 41.0 Å². The average molecular weight is 699 g/mol. The van der Waals surface area contributed by atoms with Crippen LogP contribution in [-0.2, 0) is 28.6 Å². The Morgan fingerprint density at radius 3 is 1.88 bits per heavy atom. The Balaban J connectivity index is 4.67. The van der Waals surface area contributed by atoms with Crippen LogP contribution in [0.4, 0.5) is 0 Å². The van der Waals surface area contributed by atoms with Gasteiger partial charge in [-0.2, -0.15) is 0 Å². The molecule has 282 valence electrons. The predicted molar refractivity (Wildman–Crippen MR) is 206 cm³/mol. The van der Waals surface area contributed by atoms with E-state index >= 15 is 0 Å². The highest BCUT2D eigenvalue weighted by Crippen LogP contribution is 2.10. The first-order chi connectivity index (χ1) is 24.1. The number of esters is 2. The number of unbranched alkanes of at least 4 members (excludes halogenated alkanes) is 7. The molecule has 8 nitrogen and oxygen atoms in total. The zero-order valence-corrected chi connectivity index (χ0v) is 31.8. The number of carbonyl (C=O) groups excluding carboxylic acids is 2. The van der Waals surface area contributed by atoms with Crippen LogP contribution in [0.1, 0.15) is 110 Å². The van der Waals surface area contributed by atoms with Crippen molar-refractivity contribution in [3.63, 3.8) is 0 Å². The third-order valence-corrected chi connectivity index (χ3v) is 7.67. The summed E-state index contributed by atoms with van der Waals surface area (Å²) in [5.41, 5.74) is 0. The fourth-order valence-electron chi connectivity index (χ4n) is 4.76. The number of aliphatic carboxylic acids is 1. The SMILES string of the molecule is CC/C=C/C=C/C=C/C=C/C=C/CCCC(=O)OC(COCCC(C(=O)O)[N+](C)(C)C)COC(=O)CC/C=C/C/C=C/CCCCCCCC. The molecular formula is C42H68NO7+. The smallest absolute Gasteiger partial charge is 0.362 e. The van der Waals surface area contributed by atoms with Gasteiger partial charge in [0.25, 0.3) is 0 Å². The molecule has 0 aliphatic rings. The highest BCUT2D eigenvalue weighted by molar-refractivity contribution is 5.72. The van der Waals surface area contributed by atoms with Gasteiger partial charge in [0.2, 0.25) is 0 Å². The van der Waals surface area contributed by atoms with Gasteiger partial charge in [0.15, 0.2) is 12.1 Å². The first kappa shape index (κ1) is 46.5. The van der Waals surface area contributed by atoms with Crippen LogP contribution in [0.15, 0.2) is 85.1 Å². The van der Waals surface area contributed by atoms with Gasteiger partial charge < -0.3 is 23.8 Å². The van der Waals surface area contributed by atoms with Gasteiger partial charge >= 0.3 is 17.9 Å². The van der Waals surface area contributed by atoms with Crippen molar-refractivity contribution >= 4 is 17.9 Å². The summed E-state index contributed by atoms with van der Waals surface area (Å²) in [5.74, 6) is -1.67. The lowest BCUT2D eigenvalue weighted by Crippen LogP contribution is -2.50. The number of quaternary nitrogens is 1. The van der Waals surface area contributed by atoms with E-state index in [1.165, 1.54) is 38.5 Å². The van der Waals surface area contributed by atoms with Crippen LogP contribution in [0.25, 0.3) is 0 Å². The number of nitrogens with zero attached hydrogens (tertiary/aromatic N) is 1. The lowest BCUT2D eigenvalue weighted by Gasteiger charge is -2.31. The molecular weight excluding hydrogens is 630 g/mol. The van der Waals surface area contributed by atoms with Gasteiger partial charge in [0, 0.05) is 19.3 Å². The second-order valence-electron chi connectivity index (χ2n) is 13.2. The van der Waals surface area contributed by atoms with Crippen LogP contribution in [0.3, 0.4) is 0 Å². The summed E-state index contributed by atoms with van der Waals surface area (Å²) in [6.45, 7) is 4.40. The van der Waals surface area contributed by atoms with Gasteiger partial charge in [0.05, 0.1) is 34.4 Å². The molecule has 0 saturated carbocycles. The monoisotopic (exact) mass is 698 g/mol. The molecule has 2 unspecified atom stereocenters. The molecule has 50 heavy (non-hydrogen) atoms. The van der Waals surface area contributed by atoms with Crippen LogP contribution in [-0.4, -0.2) is 80.6 Å². The van der Waals surface area contributed by atoms with E-state index in [1.807, 2.05) is 81.9 Å². The summed E-state index contributed by atoms with van der Waals surface area (Å²) in [6, 6.07) is -0.638. The molecule has 0 radical (unpaired) electrons. The molecule has 0 aliphatic heterocycles. The van der Waals surface area contributed by atoms with E-state index in [1.54, 1.807) is 0 Å². The molecule has 0 amide bonds. The van der Waals surface area contributed by atoms with Crippen LogP contribution in [0.2, 0.25) is 0 Å². The minimum Gasteiger partial charge on any atom is -0.477 e. The maximum absolute atomic E-state index is 12.6. The van der Waals surface area contributed by atoms with E-state index in [0.29, 0.717) is 25.7 Å². The van der Waals surface area contributed by atoms with Crippen molar-refractivity contribution in [2.45, 2.75) is 122 Å². The zero-order valence-electron chi connectivity index (χ0n) is 31.8. The lowest BCUT2D eigenvalue weighted by atomic mass is 10.1. The molecule has 0 aromatic carbocycles. The van der Waals surface area contributed by atoms with Gasteiger partial charge in [-0.25, -0.2) is 4.79 Å². The standard InChI is InChI=1S/C42H67NO7/c1-6-8-10-12-14-16-18-20-22-24-26-28-30-32-40(44)49-37-38(36-48-35-34-39(42(46)47)43(3,4)5)50-41(45)33-31-29-27-25-23-21-19-17-15-13-11-9-7-2/h9,11,13,15,17,19-23,25-28,38-39H,6-8,10,12,14,16,18,24,29-37H2,1-5H3/p+1/b11-9+,15-13+,19-17+,22-20+,23-21+,27-25+,28-26+. The summed E-state index contributed by atoms with van der Waals surface area (Å²) < 4.78 is 17.0. The van der Waals surface area contributed by atoms with Crippen molar-refractivity contribution in [3.05, 3.63) is 85.1 Å². The van der Waals surface area contributed by atoms with Gasteiger partial charge in [-0.1, -0.05) is 131 Å². The zero-order chi connectivity index (χ0) is 37.1. The van der Waals surface area contributed by atoms with Crippen LogP contribution >= 0.6 is 0 Å². The normalized spacial score (nSPS) is 14.0. The predicted octanol–water partition coefficient (Wildman–Crippen LogP) is 9.40. The van der Waals surface area contributed by atoms with Crippen molar-refractivity contribution in [1.82, 2.24) is 0 Å². The number of carboxylic acids is 1. The summed E-state index contributed by atoms with van der Waals surface area (Å²) in [7, 11) is 5.46. The third-order valence-electron chi connectivity index (χ3n) is 7.67. The lowest BCUT2D eigenvalue weighted by molar-refractivity contribution is -0.887. The second kappa shape index (κ2) is 32.7. The van der Waals surface area contributed by atoms with Crippen LogP contribution < -0.4 is 0 Å². The number of ether oxygens (including phenoxy) is 3. The Bertz CT molecular complexity index is 1090. The molecule has 0 saturated heterocycles. The molecule has 0 bridgehead atoms. The molecule has 2 atom stereocenters. The summed E-state index contributed by atoms with van der Waals surface area (Å²) in [6.07, 6.45) is 40.8. The number of likely N-dealkylation sites (N-methyl/N-ethyl adjacent to an activating group) is 1. The summed E-state index contributed by atoms with van der Waals surface area (Å²) in [4.78, 5) is 36.7. The Kier molecular flexibility index (Phi) is 30.4. The van der Waals surface area contributed by atoms with Crippen molar-refractivity contribution in [3.8, 4) is 0 Å². The Morgan fingerprint density at radius 2 is 1.24 bits per heavy atom. The van der Waals surface area contributed by atoms with E-state index in [-0.39, 0.29) is 43.1 Å². The average Bonchev–Trinajstić information content (AvgIpc) is 3.06. The fourth-order valence-corrected chi connectivity index (χ4v) is 4.76. The fraction of sp³-hybridized carbons (Fsp3) is 0.595. The number of allylic oxidation sites excluding steroid dienone is 14. The Labute approximate surface area is 303 Å². The van der Waals surface area contributed by atoms with Gasteiger partial charge in [-0.15, -0.1) is 0 Å². The molecule has 0 aromatic heterocycles. The van der Waals surface area contributed by atoms with Crippen molar-refractivity contribution < 1.29 is 38.2 Å². The molecule has 1 N–H and O–H groups in total. The molecule has 0 rings (SSSR count). The molecule has 0 aliphatic carbocycles. The topological polar surface area (TPSA) is 99.1 Å². The highest BCUT2D eigenvalue weighted by atomic mass is 16.6. The molecule has 0 heterocycles. The van der Waals surface area contributed by atoms with E-state index in [0.717, 1.165) is 19.3 Å². The van der Waals surface area contributed by atoms with E-state index in [4.69, 9.17) is 14.2 Å². The van der Waals surface area contributed by atoms with Crippen molar-refractivity contribution in [1.29, 1.82) is 0 Å².